The van der Waals surface area contributed by atoms with Crippen LogP contribution in [0.1, 0.15) is 22.0 Å². The minimum Gasteiger partial charge on any atom is -0.367 e. The number of pyridine rings is 1. The lowest BCUT2D eigenvalue weighted by Crippen LogP contribution is -2.27. The Kier molecular flexibility index (Phi) is 5.35. The molecule has 1 atom stereocenters. The lowest BCUT2D eigenvalue weighted by Gasteiger charge is -2.25. The highest BCUT2D eigenvalue weighted by Gasteiger charge is 2.15. The minimum atomic E-state index is -0.545. The summed E-state index contributed by atoms with van der Waals surface area (Å²) in [5.74, 6) is -0.00847. The average molecular weight is 319 g/mol. The number of hydrogen-bond acceptors (Lipinski definition) is 4. The number of carbonyl (C=O) groups excluding carboxylic acids is 1. The van der Waals surface area contributed by atoms with E-state index in [-0.39, 0.29) is 6.04 Å². The maximum Gasteiger partial charge on any atom is 0.250 e. The quantitative estimate of drug-likeness (QED) is 0.858. The maximum atomic E-state index is 11.1. The molecular formula is C16H19ClN4O. The number of aromatic nitrogens is 1. The molecule has 0 unspecified atom stereocenters. The van der Waals surface area contributed by atoms with Gasteiger partial charge in [-0.25, -0.2) is 4.98 Å². The number of rotatable bonds is 6. The van der Waals surface area contributed by atoms with Crippen molar-refractivity contribution in [2.24, 2.45) is 5.73 Å². The Labute approximate surface area is 135 Å². The topological polar surface area (TPSA) is 71.2 Å². The van der Waals surface area contributed by atoms with Crippen molar-refractivity contribution in [1.82, 2.24) is 9.88 Å². The van der Waals surface area contributed by atoms with Gasteiger partial charge in [0.15, 0.2) is 0 Å². The zero-order valence-electron chi connectivity index (χ0n) is 12.6. The third-order valence-electron chi connectivity index (χ3n) is 3.40. The third-order valence-corrected chi connectivity index (χ3v) is 3.68. The highest BCUT2D eigenvalue weighted by Crippen LogP contribution is 2.23. The molecule has 1 amide bonds. The van der Waals surface area contributed by atoms with Gasteiger partial charge in [-0.15, -0.1) is 0 Å². The van der Waals surface area contributed by atoms with E-state index in [0.29, 0.717) is 22.9 Å². The molecule has 3 N–H and O–H groups in total. The first kappa shape index (κ1) is 16.3. The van der Waals surface area contributed by atoms with Gasteiger partial charge >= 0.3 is 0 Å². The number of carbonyl (C=O) groups is 1. The molecule has 0 aliphatic heterocycles. The van der Waals surface area contributed by atoms with Crippen LogP contribution in [0.3, 0.4) is 0 Å². The van der Waals surface area contributed by atoms with E-state index in [4.69, 9.17) is 17.3 Å². The van der Waals surface area contributed by atoms with Crippen LogP contribution in [0, 0.1) is 0 Å². The summed E-state index contributed by atoms with van der Waals surface area (Å²) in [7, 11) is 4.04. The van der Waals surface area contributed by atoms with E-state index in [1.54, 1.807) is 0 Å². The van der Waals surface area contributed by atoms with Crippen LogP contribution in [-0.4, -0.2) is 36.4 Å². The van der Waals surface area contributed by atoms with Gasteiger partial charge in [0.05, 0.1) is 16.6 Å². The van der Waals surface area contributed by atoms with Gasteiger partial charge in [-0.2, -0.15) is 0 Å². The van der Waals surface area contributed by atoms with Gasteiger partial charge in [-0.3, -0.25) is 4.79 Å². The van der Waals surface area contributed by atoms with E-state index in [2.05, 4.69) is 27.3 Å². The minimum absolute atomic E-state index is 0.176. The van der Waals surface area contributed by atoms with E-state index in [1.165, 1.54) is 17.8 Å². The first-order chi connectivity index (χ1) is 10.5. The van der Waals surface area contributed by atoms with Crippen LogP contribution >= 0.6 is 11.6 Å². The molecule has 2 rings (SSSR count). The molecule has 0 radical (unpaired) electrons. The Hall–Kier alpha value is -2.11. The third kappa shape index (κ3) is 3.96. The van der Waals surface area contributed by atoms with Crippen molar-refractivity contribution in [2.45, 2.75) is 6.04 Å². The molecule has 2 aromatic rings. The number of primary amides is 1. The molecule has 0 saturated carbocycles. The molecule has 6 heteroatoms. The Bertz CT molecular complexity index is 646. The molecule has 1 aromatic carbocycles. The first-order valence-electron chi connectivity index (χ1n) is 6.89. The van der Waals surface area contributed by atoms with Crippen molar-refractivity contribution < 1.29 is 4.79 Å². The van der Waals surface area contributed by atoms with Crippen molar-refractivity contribution in [3.63, 3.8) is 0 Å². The summed E-state index contributed by atoms with van der Waals surface area (Å²) in [6, 6.07) is 11.9. The Morgan fingerprint density at radius 3 is 2.59 bits per heavy atom. The highest BCUT2D eigenvalue weighted by atomic mass is 35.5. The zero-order chi connectivity index (χ0) is 16.1. The van der Waals surface area contributed by atoms with Crippen LogP contribution in [0.25, 0.3) is 0 Å². The number of likely N-dealkylation sites (N-methyl/N-ethyl adjacent to an activating group) is 1. The van der Waals surface area contributed by atoms with Crippen LogP contribution < -0.4 is 11.1 Å². The molecule has 0 spiro atoms. The van der Waals surface area contributed by atoms with Crippen LogP contribution in [0.15, 0.2) is 42.6 Å². The molecule has 0 saturated heterocycles. The summed E-state index contributed by atoms with van der Waals surface area (Å²) < 4.78 is 0. The average Bonchev–Trinajstić information content (AvgIpc) is 2.49. The number of amides is 1. The lowest BCUT2D eigenvalue weighted by atomic mass is 10.1. The Morgan fingerprint density at radius 1 is 1.36 bits per heavy atom. The fraction of sp³-hybridized carbons (Fsp3) is 0.250. The van der Waals surface area contributed by atoms with E-state index in [1.807, 2.05) is 32.3 Å². The van der Waals surface area contributed by atoms with Gasteiger partial charge in [-0.05, 0) is 25.7 Å². The van der Waals surface area contributed by atoms with Gasteiger partial charge in [0.1, 0.15) is 5.82 Å². The predicted octanol–water partition coefficient (Wildman–Crippen LogP) is 2.55. The number of benzene rings is 1. The van der Waals surface area contributed by atoms with E-state index in [0.717, 1.165) is 0 Å². The summed E-state index contributed by atoms with van der Waals surface area (Å²) in [6.45, 7) is 0.639. The smallest absolute Gasteiger partial charge is 0.250 e. The van der Waals surface area contributed by atoms with Crippen molar-refractivity contribution in [3.8, 4) is 0 Å². The van der Waals surface area contributed by atoms with Crippen molar-refractivity contribution >= 4 is 23.3 Å². The lowest BCUT2D eigenvalue weighted by molar-refractivity contribution is 0.1000. The van der Waals surface area contributed by atoms with Gasteiger partial charge in [0, 0.05) is 12.7 Å². The number of hydrogen-bond donors (Lipinski definition) is 2. The van der Waals surface area contributed by atoms with Crippen LogP contribution in [-0.2, 0) is 0 Å². The predicted molar refractivity (Wildman–Crippen MR) is 89.1 cm³/mol. The summed E-state index contributed by atoms with van der Waals surface area (Å²) in [4.78, 5) is 17.4. The van der Waals surface area contributed by atoms with Crippen LogP contribution in [0.4, 0.5) is 5.82 Å². The van der Waals surface area contributed by atoms with Crippen LogP contribution in [0.2, 0.25) is 5.02 Å². The molecular weight excluding hydrogens is 300 g/mol. The Morgan fingerprint density at radius 2 is 2.05 bits per heavy atom. The SMILES string of the molecule is CN(C)[C@H](CNc1ncc(C(N)=O)cc1Cl)c1ccccc1. The fourth-order valence-corrected chi connectivity index (χ4v) is 2.40. The number of nitrogens with one attached hydrogen (secondary N) is 1. The number of nitrogens with zero attached hydrogens (tertiary/aromatic N) is 2. The highest BCUT2D eigenvalue weighted by molar-refractivity contribution is 6.33. The second-order valence-corrected chi connectivity index (χ2v) is 5.60. The van der Waals surface area contributed by atoms with E-state index >= 15 is 0 Å². The van der Waals surface area contributed by atoms with Crippen molar-refractivity contribution in [2.75, 3.05) is 26.0 Å². The molecule has 5 nitrogen and oxygen atoms in total. The number of anilines is 1. The first-order valence-corrected chi connectivity index (χ1v) is 7.27. The second-order valence-electron chi connectivity index (χ2n) is 5.19. The molecule has 0 fully saturated rings. The van der Waals surface area contributed by atoms with Gasteiger partial charge in [-0.1, -0.05) is 41.9 Å². The van der Waals surface area contributed by atoms with Gasteiger partial charge in [0.2, 0.25) is 5.91 Å². The van der Waals surface area contributed by atoms with Crippen molar-refractivity contribution in [3.05, 3.63) is 58.7 Å². The second kappa shape index (κ2) is 7.24. The normalized spacial score (nSPS) is 12.2. The molecule has 1 heterocycles. The Balaban J connectivity index is 2.12. The fourth-order valence-electron chi connectivity index (χ4n) is 2.17. The van der Waals surface area contributed by atoms with Gasteiger partial charge in [0.25, 0.3) is 0 Å². The molecule has 1 aromatic heterocycles. The van der Waals surface area contributed by atoms with Gasteiger partial charge < -0.3 is 16.0 Å². The summed E-state index contributed by atoms with van der Waals surface area (Å²) >= 11 is 6.14. The molecule has 0 aliphatic carbocycles. The summed E-state index contributed by atoms with van der Waals surface area (Å²) in [5, 5.41) is 3.60. The summed E-state index contributed by atoms with van der Waals surface area (Å²) in [6.07, 6.45) is 1.42. The van der Waals surface area contributed by atoms with E-state index in [9.17, 15) is 4.79 Å². The van der Waals surface area contributed by atoms with E-state index < -0.39 is 5.91 Å². The molecule has 22 heavy (non-hydrogen) atoms. The molecule has 0 aliphatic rings. The maximum absolute atomic E-state index is 11.1. The van der Waals surface area contributed by atoms with Crippen molar-refractivity contribution in [1.29, 1.82) is 0 Å². The monoisotopic (exact) mass is 318 g/mol. The standard InChI is InChI=1S/C16H19ClN4O/c1-21(2)14(11-6-4-3-5-7-11)10-20-16-13(17)8-12(9-19-16)15(18)22/h3-9,14H,10H2,1-2H3,(H2,18,22)(H,19,20)/t14-/m1/s1. The number of halogens is 1. The molecule has 116 valence electrons. The summed E-state index contributed by atoms with van der Waals surface area (Å²) in [5.41, 5.74) is 6.70. The largest absolute Gasteiger partial charge is 0.367 e. The number of nitrogens with two attached hydrogens (primary N) is 1. The van der Waals surface area contributed by atoms with Crippen LogP contribution in [0.5, 0.6) is 0 Å². The molecule has 0 bridgehead atoms. The zero-order valence-corrected chi connectivity index (χ0v) is 13.3.